The van der Waals surface area contributed by atoms with Gasteiger partial charge in [-0.25, -0.2) is 4.68 Å². The number of hydrogen-bond donors (Lipinski definition) is 1. The van der Waals surface area contributed by atoms with Gasteiger partial charge in [0, 0.05) is 12.1 Å². The molecule has 3 heterocycles. The van der Waals surface area contributed by atoms with E-state index in [1.807, 2.05) is 25.1 Å². The molecule has 146 valence electrons. The Labute approximate surface area is 163 Å². The molecule has 0 aliphatic heterocycles. The van der Waals surface area contributed by atoms with Crippen molar-refractivity contribution in [2.45, 2.75) is 70.4 Å². The Bertz CT molecular complexity index is 1060. The molecule has 1 N–H and O–H groups in total. The fourth-order valence-electron chi connectivity index (χ4n) is 4.49. The molecule has 2 aliphatic carbocycles. The number of anilines is 1. The second-order valence-electron chi connectivity index (χ2n) is 7.99. The first-order valence-corrected chi connectivity index (χ1v) is 10.2. The molecule has 8 heteroatoms. The van der Waals surface area contributed by atoms with Crippen molar-refractivity contribution < 1.29 is 0 Å². The fourth-order valence-corrected chi connectivity index (χ4v) is 4.49. The lowest BCUT2D eigenvalue weighted by atomic mass is 9.91. The quantitative estimate of drug-likeness (QED) is 0.752. The molecule has 0 amide bonds. The maximum absolute atomic E-state index is 12.6. The highest BCUT2D eigenvalue weighted by molar-refractivity contribution is 5.44. The minimum Gasteiger partial charge on any atom is -0.366 e. The Kier molecular flexibility index (Phi) is 4.33. The van der Waals surface area contributed by atoms with E-state index in [0.717, 1.165) is 67.1 Å². The molecule has 0 bridgehead atoms. The molecule has 0 unspecified atom stereocenters. The average Bonchev–Trinajstić information content (AvgIpc) is 3.09. The summed E-state index contributed by atoms with van der Waals surface area (Å²) in [6.07, 6.45) is 8.26. The number of aryl methyl sites for hydroxylation is 3. The van der Waals surface area contributed by atoms with Gasteiger partial charge in [-0.1, -0.05) is 0 Å². The largest absolute Gasteiger partial charge is 0.366 e. The second kappa shape index (κ2) is 7.00. The molecule has 0 spiro atoms. The Balaban J connectivity index is 1.27. The van der Waals surface area contributed by atoms with E-state index in [0.29, 0.717) is 6.04 Å². The van der Waals surface area contributed by atoms with Gasteiger partial charge < -0.3 is 5.32 Å². The first-order valence-electron chi connectivity index (χ1n) is 10.2. The van der Waals surface area contributed by atoms with Crippen LogP contribution in [0.4, 0.5) is 5.82 Å². The van der Waals surface area contributed by atoms with Gasteiger partial charge in [0.1, 0.15) is 5.82 Å². The highest BCUT2D eigenvalue weighted by Crippen LogP contribution is 2.29. The van der Waals surface area contributed by atoms with Crippen LogP contribution in [0.1, 0.15) is 61.6 Å². The van der Waals surface area contributed by atoms with E-state index in [1.54, 1.807) is 9.20 Å². The summed E-state index contributed by atoms with van der Waals surface area (Å²) in [4.78, 5) is 12.6. The third-order valence-electron chi connectivity index (χ3n) is 6.05. The molecule has 3 aromatic heterocycles. The van der Waals surface area contributed by atoms with Crippen LogP contribution in [0.3, 0.4) is 0 Å². The SMILES string of the molecule is Cc1nnc2ccc(NC3CCC(n4nc5c(cc4=O)CCCC5)CC3)nn12. The summed E-state index contributed by atoms with van der Waals surface area (Å²) in [5, 5.41) is 21.0. The summed E-state index contributed by atoms with van der Waals surface area (Å²) < 4.78 is 3.51. The predicted octanol–water partition coefficient (Wildman–Crippen LogP) is 2.46. The van der Waals surface area contributed by atoms with Crippen LogP contribution in [0.5, 0.6) is 0 Å². The molecule has 0 atom stereocenters. The highest BCUT2D eigenvalue weighted by atomic mass is 16.1. The van der Waals surface area contributed by atoms with Crippen molar-refractivity contribution in [3.05, 3.63) is 45.6 Å². The van der Waals surface area contributed by atoms with Crippen molar-refractivity contribution >= 4 is 11.5 Å². The van der Waals surface area contributed by atoms with Gasteiger partial charge in [0.2, 0.25) is 0 Å². The monoisotopic (exact) mass is 379 g/mol. The van der Waals surface area contributed by atoms with Crippen molar-refractivity contribution in [2.75, 3.05) is 5.32 Å². The zero-order chi connectivity index (χ0) is 19.1. The van der Waals surface area contributed by atoms with Crippen LogP contribution in [0, 0.1) is 6.92 Å². The summed E-state index contributed by atoms with van der Waals surface area (Å²) in [6.45, 7) is 1.89. The smallest absolute Gasteiger partial charge is 0.267 e. The number of nitrogens with one attached hydrogen (secondary N) is 1. The van der Waals surface area contributed by atoms with Gasteiger partial charge in [0.25, 0.3) is 5.56 Å². The molecule has 28 heavy (non-hydrogen) atoms. The molecular formula is C20H25N7O. The maximum Gasteiger partial charge on any atom is 0.267 e. The Morgan fingerprint density at radius 3 is 2.71 bits per heavy atom. The third-order valence-corrected chi connectivity index (χ3v) is 6.05. The van der Waals surface area contributed by atoms with Crippen LogP contribution in [0.2, 0.25) is 0 Å². The second-order valence-corrected chi connectivity index (χ2v) is 7.99. The minimum atomic E-state index is 0.0623. The van der Waals surface area contributed by atoms with E-state index in [1.165, 1.54) is 12.8 Å². The standard InChI is InChI=1S/C20H25N7O/c1-13-22-23-19-11-10-18(25-26(13)19)21-15-6-8-16(9-7-15)27-20(28)12-14-4-2-3-5-17(14)24-27/h10-12,15-16H,2-9H2,1H3,(H,21,25). The van der Waals surface area contributed by atoms with Gasteiger partial charge in [-0.3, -0.25) is 4.79 Å². The van der Waals surface area contributed by atoms with Crippen molar-refractivity contribution in [1.29, 1.82) is 0 Å². The number of rotatable bonds is 3. The summed E-state index contributed by atoms with van der Waals surface area (Å²) in [7, 11) is 0. The molecule has 2 aliphatic rings. The van der Waals surface area contributed by atoms with E-state index in [9.17, 15) is 4.79 Å². The van der Waals surface area contributed by atoms with Crippen LogP contribution in [0.25, 0.3) is 5.65 Å². The van der Waals surface area contributed by atoms with E-state index in [4.69, 9.17) is 5.10 Å². The van der Waals surface area contributed by atoms with Gasteiger partial charge in [-0.05, 0) is 76.0 Å². The maximum atomic E-state index is 12.6. The normalized spacial score (nSPS) is 22.2. The summed E-state index contributed by atoms with van der Waals surface area (Å²) in [5.74, 6) is 1.61. The van der Waals surface area contributed by atoms with Crippen LogP contribution in [0.15, 0.2) is 23.0 Å². The van der Waals surface area contributed by atoms with Crippen molar-refractivity contribution in [3.63, 3.8) is 0 Å². The zero-order valence-corrected chi connectivity index (χ0v) is 16.1. The molecule has 1 fully saturated rings. The van der Waals surface area contributed by atoms with Gasteiger partial charge in [0.05, 0.1) is 11.7 Å². The van der Waals surface area contributed by atoms with Crippen molar-refractivity contribution in [3.8, 4) is 0 Å². The molecule has 0 saturated heterocycles. The fraction of sp³-hybridized carbons (Fsp3) is 0.550. The summed E-state index contributed by atoms with van der Waals surface area (Å²) >= 11 is 0. The molecular weight excluding hydrogens is 354 g/mol. The number of hydrogen-bond acceptors (Lipinski definition) is 6. The average molecular weight is 379 g/mol. The summed E-state index contributed by atoms with van der Waals surface area (Å²) in [5.41, 5.74) is 3.11. The molecule has 3 aromatic rings. The van der Waals surface area contributed by atoms with Crippen LogP contribution in [-0.2, 0) is 12.8 Å². The Morgan fingerprint density at radius 2 is 1.86 bits per heavy atom. The lowest BCUT2D eigenvalue weighted by molar-refractivity contribution is 0.300. The lowest BCUT2D eigenvalue weighted by Crippen LogP contribution is -2.34. The number of nitrogens with zero attached hydrogens (tertiary/aromatic N) is 6. The van der Waals surface area contributed by atoms with Gasteiger partial charge >= 0.3 is 0 Å². The third kappa shape index (κ3) is 3.16. The van der Waals surface area contributed by atoms with E-state index in [-0.39, 0.29) is 11.6 Å². The minimum absolute atomic E-state index is 0.0623. The zero-order valence-electron chi connectivity index (χ0n) is 16.1. The topological polar surface area (TPSA) is 90.0 Å². The van der Waals surface area contributed by atoms with E-state index < -0.39 is 0 Å². The van der Waals surface area contributed by atoms with Crippen molar-refractivity contribution in [2.24, 2.45) is 0 Å². The van der Waals surface area contributed by atoms with E-state index in [2.05, 4.69) is 20.6 Å². The van der Waals surface area contributed by atoms with Gasteiger partial charge in [-0.15, -0.1) is 15.3 Å². The summed E-state index contributed by atoms with van der Waals surface area (Å²) in [6, 6.07) is 6.26. The first-order chi connectivity index (χ1) is 13.7. The highest BCUT2D eigenvalue weighted by Gasteiger charge is 2.25. The Morgan fingerprint density at radius 1 is 1.04 bits per heavy atom. The van der Waals surface area contributed by atoms with Gasteiger partial charge in [-0.2, -0.15) is 9.61 Å². The van der Waals surface area contributed by atoms with Gasteiger partial charge in [0.15, 0.2) is 11.5 Å². The molecule has 1 saturated carbocycles. The molecule has 0 radical (unpaired) electrons. The van der Waals surface area contributed by atoms with Crippen LogP contribution < -0.4 is 10.9 Å². The molecule has 0 aromatic carbocycles. The number of fused-ring (bicyclic) bond motifs is 2. The van der Waals surface area contributed by atoms with E-state index >= 15 is 0 Å². The van der Waals surface area contributed by atoms with Crippen molar-refractivity contribution in [1.82, 2.24) is 29.6 Å². The lowest BCUT2D eigenvalue weighted by Gasteiger charge is -2.30. The van der Waals surface area contributed by atoms with Crippen LogP contribution in [-0.4, -0.2) is 35.6 Å². The number of aromatic nitrogens is 6. The molecule has 8 nitrogen and oxygen atoms in total. The predicted molar refractivity (Wildman–Crippen MR) is 106 cm³/mol. The molecule has 5 rings (SSSR count). The first kappa shape index (κ1) is 17.3. The van der Waals surface area contributed by atoms with Crippen LogP contribution >= 0.6 is 0 Å². The Hall–Kier alpha value is -2.77.